The van der Waals surface area contributed by atoms with Crippen LogP contribution in [-0.4, -0.2) is 29.4 Å². The van der Waals surface area contributed by atoms with E-state index in [1.807, 2.05) is 13.2 Å². The van der Waals surface area contributed by atoms with E-state index < -0.39 is 0 Å². The van der Waals surface area contributed by atoms with Crippen LogP contribution in [0.2, 0.25) is 0 Å². The molecular weight excluding hydrogens is 206 g/mol. The SMILES string of the molecule is COC(=O)CNCc1cnn(C)c1.Cl. The summed E-state index contributed by atoms with van der Waals surface area (Å²) in [6.45, 7) is 0.855. The molecule has 1 aromatic rings. The van der Waals surface area contributed by atoms with Gasteiger partial charge in [0.05, 0.1) is 19.9 Å². The predicted octanol–water partition coefficient (Wildman–Crippen LogP) is 0.104. The zero-order valence-electron chi connectivity index (χ0n) is 8.19. The summed E-state index contributed by atoms with van der Waals surface area (Å²) in [5.41, 5.74) is 1.05. The van der Waals surface area contributed by atoms with Crippen molar-refractivity contribution in [2.24, 2.45) is 7.05 Å². The van der Waals surface area contributed by atoms with Crippen LogP contribution in [0.3, 0.4) is 0 Å². The number of nitrogens with one attached hydrogen (secondary N) is 1. The summed E-state index contributed by atoms with van der Waals surface area (Å²) in [6.07, 6.45) is 3.65. The van der Waals surface area contributed by atoms with E-state index in [0.29, 0.717) is 6.54 Å². The van der Waals surface area contributed by atoms with Crippen molar-refractivity contribution in [3.63, 3.8) is 0 Å². The number of hydrogen-bond acceptors (Lipinski definition) is 4. The highest BCUT2D eigenvalue weighted by atomic mass is 35.5. The fourth-order valence-corrected chi connectivity index (χ4v) is 0.944. The van der Waals surface area contributed by atoms with Gasteiger partial charge < -0.3 is 10.1 Å². The summed E-state index contributed by atoms with van der Waals surface area (Å²) in [6, 6.07) is 0. The van der Waals surface area contributed by atoms with Crippen LogP contribution in [0.4, 0.5) is 0 Å². The number of carbonyl (C=O) groups excluding carboxylic acids is 1. The van der Waals surface area contributed by atoms with Gasteiger partial charge in [0.25, 0.3) is 0 Å². The number of aryl methyl sites for hydroxylation is 1. The van der Waals surface area contributed by atoms with E-state index in [9.17, 15) is 4.79 Å². The summed E-state index contributed by atoms with van der Waals surface area (Å²) in [5.74, 6) is -0.260. The smallest absolute Gasteiger partial charge is 0.319 e. The normalized spacial score (nSPS) is 9.29. The molecule has 0 saturated heterocycles. The zero-order valence-corrected chi connectivity index (χ0v) is 9.00. The lowest BCUT2D eigenvalue weighted by molar-refractivity contribution is -0.139. The van der Waals surface area contributed by atoms with Crippen molar-refractivity contribution in [2.45, 2.75) is 6.54 Å². The number of rotatable bonds is 4. The molecule has 0 aliphatic heterocycles. The number of nitrogens with zero attached hydrogens (tertiary/aromatic N) is 2. The van der Waals surface area contributed by atoms with Gasteiger partial charge in [-0.25, -0.2) is 0 Å². The monoisotopic (exact) mass is 219 g/mol. The number of carbonyl (C=O) groups is 1. The molecule has 0 aromatic carbocycles. The fraction of sp³-hybridized carbons (Fsp3) is 0.500. The highest BCUT2D eigenvalue weighted by molar-refractivity contribution is 5.85. The first kappa shape index (κ1) is 12.9. The zero-order chi connectivity index (χ0) is 9.68. The molecule has 0 unspecified atom stereocenters. The van der Waals surface area contributed by atoms with Crippen molar-refractivity contribution in [1.29, 1.82) is 0 Å². The molecule has 0 saturated carbocycles. The van der Waals surface area contributed by atoms with E-state index in [-0.39, 0.29) is 24.9 Å². The third-order valence-electron chi connectivity index (χ3n) is 1.58. The number of esters is 1. The highest BCUT2D eigenvalue weighted by Gasteiger charge is 1.99. The molecule has 1 N–H and O–H groups in total. The van der Waals surface area contributed by atoms with Gasteiger partial charge >= 0.3 is 5.97 Å². The molecule has 0 aliphatic carbocycles. The largest absolute Gasteiger partial charge is 0.468 e. The van der Waals surface area contributed by atoms with Crippen molar-refractivity contribution in [1.82, 2.24) is 15.1 Å². The molecule has 1 aromatic heterocycles. The van der Waals surface area contributed by atoms with Gasteiger partial charge in [-0.05, 0) is 0 Å². The van der Waals surface area contributed by atoms with Gasteiger partial charge in [-0.3, -0.25) is 9.48 Å². The third kappa shape index (κ3) is 4.25. The first-order chi connectivity index (χ1) is 6.22. The Morgan fingerprint density at radius 2 is 2.43 bits per heavy atom. The van der Waals surface area contributed by atoms with E-state index in [2.05, 4.69) is 15.2 Å². The molecule has 6 heteroatoms. The van der Waals surface area contributed by atoms with Crippen LogP contribution in [0, 0.1) is 0 Å². The minimum Gasteiger partial charge on any atom is -0.468 e. The molecule has 0 spiro atoms. The van der Waals surface area contributed by atoms with Crippen LogP contribution in [0.1, 0.15) is 5.56 Å². The average Bonchev–Trinajstić information content (AvgIpc) is 2.51. The van der Waals surface area contributed by atoms with Crippen LogP contribution < -0.4 is 5.32 Å². The van der Waals surface area contributed by atoms with Gasteiger partial charge in [0.15, 0.2) is 0 Å². The highest BCUT2D eigenvalue weighted by Crippen LogP contribution is 1.94. The quantitative estimate of drug-likeness (QED) is 0.731. The number of hydrogen-bond donors (Lipinski definition) is 1. The summed E-state index contributed by atoms with van der Waals surface area (Å²) >= 11 is 0. The lowest BCUT2D eigenvalue weighted by atomic mass is 10.3. The number of ether oxygens (including phenoxy) is 1. The molecular formula is C8H14ClN3O2. The first-order valence-electron chi connectivity index (χ1n) is 3.97. The maximum atomic E-state index is 10.7. The molecule has 0 bridgehead atoms. The molecule has 0 atom stereocenters. The summed E-state index contributed by atoms with van der Waals surface area (Å²) in [4.78, 5) is 10.7. The summed E-state index contributed by atoms with van der Waals surface area (Å²) in [5, 5.41) is 6.93. The van der Waals surface area contributed by atoms with Crippen molar-refractivity contribution in [2.75, 3.05) is 13.7 Å². The van der Waals surface area contributed by atoms with Crippen LogP contribution in [0.5, 0.6) is 0 Å². The maximum Gasteiger partial charge on any atom is 0.319 e. The maximum absolute atomic E-state index is 10.7. The Morgan fingerprint density at radius 3 is 2.93 bits per heavy atom. The van der Waals surface area contributed by atoms with Crippen molar-refractivity contribution in [3.05, 3.63) is 18.0 Å². The van der Waals surface area contributed by atoms with Gasteiger partial charge in [0.2, 0.25) is 0 Å². The Kier molecular flexibility index (Phi) is 5.91. The van der Waals surface area contributed by atoms with Crippen LogP contribution >= 0.6 is 12.4 Å². The molecule has 1 rings (SSSR count). The second kappa shape index (κ2) is 6.39. The van der Waals surface area contributed by atoms with Gasteiger partial charge in [0, 0.05) is 25.4 Å². The lowest BCUT2D eigenvalue weighted by Crippen LogP contribution is -2.23. The van der Waals surface area contributed by atoms with E-state index in [1.54, 1.807) is 10.9 Å². The van der Waals surface area contributed by atoms with Crippen molar-refractivity contribution >= 4 is 18.4 Å². The summed E-state index contributed by atoms with van der Waals surface area (Å²) in [7, 11) is 3.22. The predicted molar refractivity (Wildman–Crippen MR) is 54.2 cm³/mol. The van der Waals surface area contributed by atoms with E-state index in [4.69, 9.17) is 0 Å². The molecule has 0 aliphatic rings. The van der Waals surface area contributed by atoms with E-state index in [1.165, 1.54) is 7.11 Å². The molecule has 0 fully saturated rings. The van der Waals surface area contributed by atoms with Crippen LogP contribution in [0.25, 0.3) is 0 Å². The second-order valence-electron chi connectivity index (χ2n) is 2.70. The van der Waals surface area contributed by atoms with Crippen molar-refractivity contribution < 1.29 is 9.53 Å². The van der Waals surface area contributed by atoms with Gasteiger partial charge in [-0.15, -0.1) is 12.4 Å². The number of methoxy groups -OCH3 is 1. The van der Waals surface area contributed by atoms with E-state index >= 15 is 0 Å². The lowest BCUT2D eigenvalue weighted by Gasteiger charge is -2.00. The van der Waals surface area contributed by atoms with Gasteiger partial charge in [-0.1, -0.05) is 0 Å². The fourth-order valence-electron chi connectivity index (χ4n) is 0.944. The minimum absolute atomic E-state index is 0. The molecule has 80 valence electrons. The minimum atomic E-state index is -0.260. The summed E-state index contributed by atoms with van der Waals surface area (Å²) < 4.78 is 6.19. The van der Waals surface area contributed by atoms with Crippen LogP contribution in [0.15, 0.2) is 12.4 Å². The number of halogens is 1. The van der Waals surface area contributed by atoms with Crippen LogP contribution in [-0.2, 0) is 23.1 Å². The molecule has 0 radical (unpaired) electrons. The molecule has 14 heavy (non-hydrogen) atoms. The first-order valence-corrected chi connectivity index (χ1v) is 3.97. The number of aromatic nitrogens is 2. The Labute approximate surface area is 88.8 Å². The van der Waals surface area contributed by atoms with Gasteiger partial charge in [0.1, 0.15) is 0 Å². The molecule has 5 nitrogen and oxygen atoms in total. The Hall–Kier alpha value is -1.07. The topological polar surface area (TPSA) is 56.1 Å². The Morgan fingerprint density at radius 1 is 1.71 bits per heavy atom. The van der Waals surface area contributed by atoms with Crippen molar-refractivity contribution in [3.8, 4) is 0 Å². The average molecular weight is 220 g/mol. The van der Waals surface area contributed by atoms with Gasteiger partial charge in [-0.2, -0.15) is 5.10 Å². The Balaban J connectivity index is 0.00000169. The standard InChI is InChI=1S/C8H13N3O2.ClH/c1-11-6-7(4-10-11)3-9-5-8(12)13-2;/h4,6,9H,3,5H2,1-2H3;1H. The molecule has 1 heterocycles. The Bertz CT molecular complexity index is 288. The molecule has 0 amide bonds. The van der Waals surface area contributed by atoms with E-state index in [0.717, 1.165) is 5.56 Å². The second-order valence-corrected chi connectivity index (χ2v) is 2.70. The third-order valence-corrected chi connectivity index (χ3v) is 1.58.